The number of rotatable bonds is 8. The summed E-state index contributed by atoms with van der Waals surface area (Å²) >= 11 is 3.16. The number of carbonyl (C=O) groups is 2. The second kappa shape index (κ2) is 10.9. The lowest BCUT2D eigenvalue weighted by molar-refractivity contribution is -0.118. The standard InChI is InChI=1S/C22H30N4O2S2/c1-16-5-3-6-17(9-16)12-26-8-4-7-18(13-26)11-24-21(28)15-30-22-25(2)19(14-29-22)10-20(23)27/h3,5-6,9,11,14,22H,4,7-8,10,12-13,15H2,1-2H3,(H2,23,27)(H,24,28)/b18-11+. The van der Waals surface area contributed by atoms with Crippen LogP contribution in [0.2, 0.25) is 0 Å². The molecule has 3 rings (SSSR count). The number of primary amides is 1. The lowest BCUT2D eigenvalue weighted by atomic mass is 10.0. The van der Waals surface area contributed by atoms with Crippen LogP contribution in [0, 0.1) is 6.92 Å². The summed E-state index contributed by atoms with van der Waals surface area (Å²) in [5.74, 6) is 0.0320. The van der Waals surface area contributed by atoms with Gasteiger partial charge in [-0.2, -0.15) is 0 Å². The van der Waals surface area contributed by atoms with Crippen molar-refractivity contribution >= 4 is 35.3 Å². The van der Waals surface area contributed by atoms with Gasteiger partial charge in [0.1, 0.15) is 4.71 Å². The van der Waals surface area contributed by atoms with E-state index in [2.05, 4.69) is 41.4 Å². The van der Waals surface area contributed by atoms with Gasteiger partial charge in [0.25, 0.3) is 0 Å². The Balaban J connectivity index is 1.42. The molecule has 30 heavy (non-hydrogen) atoms. The summed E-state index contributed by atoms with van der Waals surface area (Å²) in [7, 11) is 1.93. The molecule has 1 unspecified atom stereocenters. The van der Waals surface area contributed by atoms with E-state index in [0.29, 0.717) is 5.75 Å². The van der Waals surface area contributed by atoms with E-state index in [1.54, 1.807) is 23.5 Å². The SMILES string of the molecule is Cc1cccc(CN2CCC/C(=C\NC(=O)CSC3SC=C(CC(N)=O)N3C)C2)c1. The Bertz CT molecular complexity index is 840. The smallest absolute Gasteiger partial charge is 0.234 e. The van der Waals surface area contributed by atoms with Crippen LogP contribution in [0.1, 0.15) is 30.4 Å². The minimum atomic E-state index is -0.340. The van der Waals surface area contributed by atoms with E-state index in [1.165, 1.54) is 16.7 Å². The minimum absolute atomic E-state index is 0.000610. The Morgan fingerprint density at radius 2 is 2.23 bits per heavy atom. The van der Waals surface area contributed by atoms with Crippen LogP contribution < -0.4 is 11.1 Å². The molecule has 0 radical (unpaired) electrons. The average molecular weight is 447 g/mol. The van der Waals surface area contributed by atoms with Gasteiger partial charge in [-0.05, 0) is 42.9 Å². The molecule has 2 heterocycles. The number of nitrogens with two attached hydrogens (primary N) is 1. The highest BCUT2D eigenvalue weighted by Crippen LogP contribution is 2.37. The number of benzene rings is 1. The molecule has 8 heteroatoms. The van der Waals surface area contributed by atoms with Crippen LogP contribution in [-0.4, -0.2) is 52.2 Å². The van der Waals surface area contributed by atoms with Crippen LogP contribution in [0.4, 0.5) is 0 Å². The molecule has 3 N–H and O–H groups in total. The van der Waals surface area contributed by atoms with Crippen molar-refractivity contribution < 1.29 is 9.59 Å². The van der Waals surface area contributed by atoms with Crippen molar-refractivity contribution in [3.8, 4) is 0 Å². The van der Waals surface area contributed by atoms with E-state index < -0.39 is 0 Å². The number of piperidine rings is 1. The number of carbonyl (C=O) groups excluding carboxylic acids is 2. The summed E-state index contributed by atoms with van der Waals surface area (Å²) in [6.45, 7) is 5.04. The van der Waals surface area contributed by atoms with Gasteiger partial charge in [0.05, 0.1) is 12.2 Å². The molecule has 0 saturated carbocycles. The minimum Gasteiger partial charge on any atom is -0.369 e. The molecule has 1 fully saturated rings. The number of amides is 2. The third kappa shape index (κ3) is 6.82. The van der Waals surface area contributed by atoms with E-state index in [9.17, 15) is 9.59 Å². The first kappa shape index (κ1) is 22.8. The lowest BCUT2D eigenvalue weighted by Crippen LogP contribution is -2.32. The molecule has 1 aromatic carbocycles. The second-order valence-corrected chi connectivity index (χ2v) is 10.1. The fourth-order valence-corrected chi connectivity index (χ4v) is 5.87. The Labute approximate surface area is 187 Å². The third-order valence-electron chi connectivity index (χ3n) is 5.13. The zero-order chi connectivity index (χ0) is 21.5. The van der Waals surface area contributed by atoms with E-state index in [1.807, 2.05) is 23.6 Å². The Morgan fingerprint density at radius 3 is 3.00 bits per heavy atom. The normalized spacial score (nSPS) is 21.0. The van der Waals surface area contributed by atoms with Crippen LogP contribution in [0.25, 0.3) is 0 Å². The highest BCUT2D eigenvalue weighted by Gasteiger charge is 2.25. The molecule has 2 amide bonds. The van der Waals surface area contributed by atoms with Gasteiger partial charge >= 0.3 is 0 Å². The van der Waals surface area contributed by atoms with Crippen molar-refractivity contribution in [3.63, 3.8) is 0 Å². The number of nitrogens with one attached hydrogen (secondary N) is 1. The molecule has 2 aliphatic rings. The number of hydrogen-bond acceptors (Lipinski definition) is 6. The molecule has 162 valence electrons. The Kier molecular flexibility index (Phi) is 8.30. The topological polar surface area (TPSA) is 78.7 Å². The quantitative estimate of drug-likeness (QED) is 0.639. The molecular weight excluding hydrogens is 416 g/mol. The van der Waals surface area contributed by atoms with Crippen LogP contribution in [-0.2, 0) is 16.1 Å². The predicted molar refractivity (Wildman–Crippen MR) is 125 cm³/mol. The summed E-state index contributed by atoms with van der Waals surface area (Å²) in [5, 5.41) is 4.91. The molecule has 1 saturated heterocycles. The Morgan fingerprint density at radius 1 is 1.40 bits per heavy atom. The first-order chi connectivity index (χ1) is 14.4. The zero-order valence-electron chi connectivity index (χ0n) is 17.6. The van der Waals surface area contributed by atoms with Crippen LogP contribution in [0.3, 0.4) is 0 Å². The monoisotopic (exact) mass is 446 g/mol. The van der Waals surface area contributed by atoms with Gasteiger partial charge in [-0.3, -0.25) is 14.5 Å². The summed E-state index contributed by atoms with van der Waals surface area (Å²) < 4.78 is 0.0947. The van der Waals surface area contributed by atoms with Gasteiger partial charge in [-0.25, -0.2) is 0 Å². The summed E-state index contributed by atoms with van der Waals surface area (Å²) in [6, 6.07) is 8.63. The van der Waals surface area contributed by atoms with Crippen LogP contribution in [0.5, 0.6) is 0 Å². The number of likely N-dealkylation sites (tertiary alicyclic amines) is 1. The third-order valence-corrected chi connectivity index (χ3v) is 7.86. The molecule has 2 aliphatic heterocycles. The zero-order valence-corrected chi connectivity index (χ0v) is 19.2. The number of aryl methyl sites for hydroxylation is 1. The molecule has 1 atom stereocenters. The molecule has 0 aromatic heterocycles. The number of thioether (sulfide) groups is 2. The van der Waals surface area contributed by atoms with Gasteiger partial charge in [0, 0.05) is 32.0 Å². The largest absolute Gasteiger partial charge is 0.369 e. The lowest BCUT2D eigenvalue weighted by Gasteiger charge is -2.28. The summed E-state index contributed by atoms with van der Waals surface area (Å²) in [4.78, 5) is 27.9. The highest BCUT2D eigenvalue weighted by molar-refractivity contribution is 8.18. The molecule has 6 nitrogen and oxygen atoms in total. The molecule has 0 aliphatic carbocycles. The molecular formula is C22H30N4O2S2. The summed E-state index contributed by atoms with van der Waals surface area (Å²) in [5.41, 5.74) is 10.1. The highest BCUT2D eigenvalue weighted by atomic mass is 32.2. The maximum atomic E-state index is 12.3. The van der Waals surface area contributed by atoms with Crippen molar-refractivity contribution in [2.24, 2.45) is 5.73 Å². The first-order valence-corrected chi connectivity index (χ1v) is 12.1. The molecule has 0 bridgehead atoms. The van der Waals surface area contributed by atoms with Crippen molar-refractivity contribution in [1.82, 2.24) is 15.1 Å². The van der Waals surface area contributed by atoms with E-state index in [0.717, 1.165) is 38.2 Å². The van der Waals surface area contributed by atoms with E-state index in [-0.39, 0.29) is 22.9 Å². The fraction of sp³-hybridized carbons (Fsp3) is 0.455. The van der Waals surface area contributed by atoms with Crippen molar-refractivity contribution in [2.75, 3.05) is 25.9 Å². The first-order valence-electron chi connectivity index (χ1n) is 10.1. The van der Waals surface area contributed by atoms with E-state index in [4.69, 9.17) is 5.73 Å². The molecule has 0 spiro atoms. The average Bonchev–Trinajstić information content (AvgIpc) is 3.04. The van der Waals surface area contributed by atoms with Gasteiger partial charge < -0.3 is 16.0 Å². The maximum absolute atomic E-state index is 12.3. The summed E-state index contributed by atoms with van der Waals surface area (Å²) in [6.07, 6.45) is 4.27. The number of hydrogen-bond donors (Lipinski definition) is 2. The van der Waals surface area contributed by atoms with Crippen molar-refractivity contribution in [1.29, 1.82) is 0 Å². The predicted octanol–water partition coefficient (Wildman–Crippen LogP) is 3.00. The molecule has 1 aromatic rings. The van der Waals surface area contributed by atoms with Gasteiger partial charge in [-0.1, -0.05) is 41.6 Å². The maximum Gasteiger partial charge on any atom is 0.234 e. The van der Waals surface area contributed by atoms with Gasteiger partial charge in [0.2, 0.25) is 11.8 Å². The van der Waals surface area contributed by atoms with Crippen LogP contribution in [0.15, 0.2) is 47.1 Å². The van der Waals surface area contributed by atoms with Crippen molar-refractivity contribution in [3.05, 3.63) is 58.3 Å². The van der Waals surface area contributed by atoms with Gasteiger partial charge in [0.15, 0.2) is 0 Å². The Hall–Kier alpha value is -1.90. The van der Waals surface area contributed by atoms with E-state index >= 15 is 0 Å². The fourth-order valence-electron chi connectivity index (χ4n) is 3.61. The number of nitrogens with zero attached hydrogens (tertiary/aromatic N) is 2. The van der Waals surface area contributed by atoms with Crippen molar-refractivity contribution in [2.45, 2.75) is 37.4 Å². The van der Waals surface area contributed by atoms with Crippen LogP contribution >= 0.6 is 23.5 Å². The van der Waals surface area contributed by atoms with Gasteiger partial charge in [-0.15, -0.1) is 11.8 Å². The second-order valence-electron chi connectivity index (χ2n) is 7.79.